The van der Waals surface area contributed by atoms with Gasteiger partial charge in [0, 0.05) is 0 Å². The lowest BCUT2D eigenvalue weighted by atomic mass is 10.1. The molecule has 0 aliphatic carbocycles. The van der Waals surface area contributed by atoms with E-state index in [0.717, 1.165) is 14.2 Å². The van der Waals surface area contributed by atoms with E-state index in [0.29, 0.717) is 5.56 Å². The maximum absolute atomic E-state index is 12.3. The first kappa shape index (κ1) is 28.5. The summed E-state index contributed by atoms with van der Waals surface area (Å²) in [5, 5.41) is 0. The molecule has 190 valence electrons. The third-order valence-electron chi connectivity index (χ3n) is 4.46. The summed E-state index contributed by atoms with van der Waals surface area (Å²) in [7, 11) is 2.22. The van der Waals surface area contributed by atoms with Crippen LogP contribution in [0, 0.1) is 5.92 Å². The van der Waals surface area contributed by atoms with Crippen LogP contribution >= 0.6 is 0 Å². The molecule has 12 nitrogen and oxygen atoms in total. The van der Waals surface area contributed by atoms with Crippen molar-refractivity contribution in [3.8, 4) is 11.5 Å². The molecule has 1 aromatic rings. The molecule has 0 saturated carbocycles. The molecule has 0 radical (unpaired) electrons. The van der Waals surface area contributed by atoms with Gasteiger partial charge in [0.15, 0.2) is 11.5 Å². The molecule has 0 heterocycles. The van der Waals surface area contributed by atoms with E-state index in [1.807, 2.05) is 13.8 Å². The lowest BCUT2D eigenvalue weighted by molar-refractivity contribution is -0.152. The maximum Gasteiger partial charge on any atom is 0.513 e. The van der Waals surface area contributed by atoms with E-state index in [2.05, 4.69) is 9.47 Å². The van der Waals surface area contributed by atoms with Crippen LogP contribution in [0.25, 0.3) is 0 Å². The Hall–Kier alpha value is -3.54. The first-order valence-corrected chi connectivity index (χ1v) is 10.4. The highest BCUT2D eigenvalue weighted by molar-refractivity contribution is 5.76. The molecule has 12 heteroatoms. The van der Waals surface area contributed by atoms with Gasteiger partial charge < -0.3 is 38.9 Å². The van der Waals surface area contributed by atoms with Gasteiger partial charge in [-0.25, -0.2) is 14.4 Å². The summed E-state index contributed by atoms with van der Waals surface area (Å²) in [5.74, 6) is -0.876. The minimum atomic E-state index is -1.09. The fourth-order valence-corrected chi connectivity index (χ4v) is 2.27. The van der Waals surface area contributed by atoms with Gasteiger partial charge in [0.2, 0.25) is 0 Å². The van der Waals surface area contributed by atoms with Crippen molar-refractivity contribution in [1.82, 2.24) is 0 Å². The van der Waals surface area contributed by atoms with E-state index >= 15 is 0 Å². The third kappa shape index (κ3) is 9.94. The Morgan fingerprint density at radius 3 is 2.00 bits per heavy atom. The number of methoxy groups -OCH3 is 2. The number of esters is 1. The van der Waals surface area contributed by atoms with Crippen LogP contribution in [-0.4, -0.2) is 63.5 Å². The van der Waals surface area contributed by atoms with Crippen molar-refractivity contribution >= 4 is 24.4 Å². The van der Waals surface area contributed by atoms with Gasteiger partial charge in [-0.3, -0.25) is 4.79 Å². The average Bonchev–Trinajstić information content (AvgIpc) is 2.78. The highest BCUT2D eigenvalue weighted by Gasteiger charge is 2.22. The van der Waals surface area contributed by atoms with Crippen molar-refractivity contribution in [2.24, 2.45) is 11.7 Å². The third-order valence-corrected chi connectivity index (χ3v) is 4.46. The SMILES string of the molecule is COC(=O)Oc1ccc(C[C@H](N)C(=O)O[C@@H](C)COC(=O)OC(C)C(C)C)cc1OC(=O)OC. The van der Waals surface area contributed by atoms with Gasteiger partial charge in [-0.05, 0) is 43.9 Å². The van der Waals surface area contributed by atoms with Gasteiger partial charge in [-0.2, -0.15) is 0 Å². The second kappa shape index (κ2) is 13.9. The van der Waals surface area contributed by atoms with Crippen molar-refractivity contribution in [1.29, 1.82) is 0 Å². The number of ether oxygens (including phenoxy) is 7. The number of hydrogen-bond donors (Lipinski definition) is 1. The summed E-state index contributed by atoms with van der Waals surface area (Å²) in [6, 6.07) is 3.10. The van der Waals surface area contributed by atoms with Crippen LogP contribution in [0.2, 0.25) is 0 Å². The molecule has 0 aromatic heterocycles. The molecule has 0 spiro atoms. The van der Waals surface area contributed by atoms with E-state index in [9.17, 15) is 19.2 Å². The number of rotatable bonds is 10. The van der Waals surface area contributed by atoms with Crippen LogP contribution in [0.5, 0.6) is 11.5 Å². The minimum Gasteiger partial charge on any atom is -0.458 e. The molecule has 0 saturated heterocycles. The number of nitrogens with two attached hydrogens (primary N) is 1. The first-order chi connectivity index (χ1) is 16.0. The van der Waals surface area contributed by atoms with Crippen LogP contribution in [0.15, 0.2) is 18.2 Å². The molecule has 0 fully saturated rings. The molecule has 0 aliphatic rings. The smallest absolute Gasteiger partial charge is 0.458 e. The topological polar surface area (TPSA) is 159 Å². The number of carbonyl (C=O) groups is 4. The van der Waals surface area contributed by atoms with Gasteiger partial charge in [0.25, 0.3) is 0 Å². The Kier molecular flexibility index (Phi) is 11.6. The predicted molar refractivity (Wildman–Crippen MR) is 116 cm³/mol. The van der Waals surface area contributed by atoms with Crippen molar-refractivity contribution in [2.75, 3.05) is 20.8 Å². The zero-order valence-corrected chi connectivity index (χ0v) is 20.0. The number of carbonyl (C=O) groups excluding carboxylic acids is 4. The second-order valence-electron chi connectivity index (χ2n) is 7.58. The normalized spacial score (nSPS) is 13.2. The molecular weight excluding hydrogens is 454 g/mol. The Morgan fingerprint density at radius 1 is 0.853 bits per heavy atom. The van der Waals surface area contributed by atoms with Crippen LogP contribution in [0.1, 0.15) is 33.3 Å². The summed E-state index contributed by atoms with van der Waals surface area (Å²) in [6.07, 6.45) is -4.03. The predicted octanol–water partition coefficient (Wildman–Crippen LogP) is 2.98. The Bertz CT molecular complexity index is 855. The standard InChI is InChI=1S/C22H31NO11/c1-12(2)14(4)32-22(27)30-11-13(3)31-19(24)16(23)9-15-7-8-17(33-20(25)28-5)18(10-15)34-21(26)29-6/h7-8,10,12-14,16H,9,11,23H2,1-6H3/t13-,14?,16-/m0/s1. The Morgan fingerprint density at radius 2 is 1.44 bits per heavy atom. The summed E-state index contributed by atoms with van der Waals surface area (Å²) >= 11 is 0. The van der Waals surface area contributed by atoms with Crippen molar-refractivity contribution in [3.63, 3.8) is 0 Å². The van der Waals surface area contributed by atoms with Gasteiger partial charge >= 0.3 is 24.4 Å². The number of hydrogen-bond acceptors (Lipinski definition) is 12. The summed E-state index contributed by atoms with van der Waals surface area (Å²) < 4.78 is 34.0. The van der Waals surface area contributed by atoms with Crippen LogP contribution < -0.4 is 15.2 Å². The van der Waals surface area contributed by atoms with Gasteiger partial charge in [0.1, 0.15) is 24.9 Å². The molecule has 0 bridgehead atoms. The summed E-state index contributed by atoms with van der Waals surface area (Å²) in [6.45, 7) is 6.86. The first-order valence-electron chi connectivity index (χ1n) is 10.4. The Balaban J connectivity index is 2.71. The monoisotopic (exact) mass is 485 g/mol. The average molecular weight is 485 g/mol. The molecule has 0 aliphatic heterocycles. The highest BCUT2D eigenvalue weighted by atomic mass is 16.7. The van der Waals surface area contributed by atoms with Gasteiger partial charge in [0.05, 0.1) is 14.2 Å². The molecule has 1 rings (SSSR count). The largest absolute Gasteiger partial charge is 0.513 e. The van der Waals surface area contributed by atoms with Crippen LogP contribution in [0.3, 0.4) is 0 Å². The van der Waals surface area contributed by atoms with Crippen molar-refractivity contribution < 1.29 is 52.3 Å². The van der Waals surface area contributed by atoms with E-state index in [4.69, 9.17) is 29.4 Å². The van der Waals surface area contributed by atoms with E-state index in [-0.39, 0.29) is 36.5 Å². The zero-order chi connectivity index (χ0) is 25.8. The maximum atomic E-state index is 12.3. The van der Waals surface area contributed by atoms with Crippen molar-refractivity contribution in [2.45, 2.75) is 52.4 Å². The molecule has 2 N–H and O–H groups in total. The van der Waals surface area contributed by atoms with E-state index in [1.54, 1.807) is 6.92 Å². The van der Waals surface area contributed by atoms with E-state index in [1.165, 1.54) is 25.1 Å². The lowest BCUT2D eigenvalue weighted by Gasteiger charge is -2.19. The molecule has 1 aromatic carbocycles. The fraction of sp³-hybridized carbons (Fsp3) is 0.545. The fourth-order valence-electron chi connectivity index (χ4n) is 2.27. The van der Waals surface area contributed by atoms with Gasteiger partial charge in [-0.1, -0.05) is 19.9 Å². The molecule has 3 atom stereocenters. The van der Waals surface area contributed by atoms with Crippen LogP contribution in [0.4, 0.5) is 14.4 Å². The van der Waals surface area contributed by atoms with Crippen LogP contribution in [-0.2, 0) is 34.9 Å². The zero-order valence-electron chi connectivity index (χ0n) is 20.0. The molecular formula is C22H31NO11. The second-order valence-corrected chi connectivity index (χ2v) is 7.58. The molecule has 0 amide bonds. The molecule has 1 unspecified atom stereocenters. The van der Waals surface area contributed by atoms with Crippen molar-refractivity contribution in [3.05, 3.63) is 23.8 Å². The highest BCUT2D eigenvalue weighted by Crippen LogP contribution is 2.29. The quantitative estimate of drug-likeness (QED) is 0.294. The number of benzene rings is 1. The summed E-state index contributed by atoms with van der Waals surface area (Å²) in [4.78, 5) is 46.9. The van der Waals surface area contributed by atoms with Gasteiger partial charge in [-0.15, -0.1) is 0 Å². The van der Waals surface area contributed by atoms with E-state index < -0.39 is 36.6 Å². The lowest BCUT2D eigenvalue weighted by Crippen LogP contribution is -2.37. The summed E-state index contributed by atoms with van der Waals surface area (Å²) in [5.41, 5.74) is 6.39. The minimum absolute atomic E-state index is 0.00358. The molecule has 34 heavy (non-hydrogen) atoms. The Labute approximate surface area is 197 Å².